The van der Waals surface area contributed by atoms with Crippen LogP contribution in [0.4, 0.5) is 5.69 Å². The summed E-state index contributed by atoms with van der Waals surface area (Å²) in [7, 11) is 0. The minimum Gasteiger partial charge on any atom is -0.325 e. The molecule has 1 heterocycles. The number of benzene rings is 1. The zero-order valence-corrected chi connectivity index (χ0v) is 15.8. The van der Waals surface area contributed by atoms with E-state index in [0.717, 1.165) is 30.9 Å². The normalized spacial score (nSPS) is 20.4. The van der Waals surface area contributed by atoms with Gasteiger partial charge in [0.05, 0.1) is 6.54 Å². The number of amides is 1. The summed E-state index contributed by atoms with van der Waals surface area (Å²) in [5.41, 5.74) is 2.03. The SMILES string of the molecule is Cc1ccc(Cl)cc1NC(=O)CN1CCNCC12CCCCC2.Cl. The highest BCUT2D eigenvalue weighted by atomic mass is 35.5. The Balaban J connectivity index is 0.00000208. The molecule has 0 unspecified atom stereocenters. The fraction of sp³-hybridized carbons (Fsp3) is 0.611. The lowest BCUT2D eigenvalue weighted by molar-refractivity contribution is -0.120. The summed E-state index contributed by atoms with van der Waals surface area (Å²) in [5, 5.41) is 7.21. The fourth-order valence-electron chi connectivity index (χ4n) is 3.93. The molecule has 134 valence electrons. The monoisotopic (exact) mass is 371 g/mol. The first-order valence-corrected chi connectivity index (χ1v) is 8.99. The van der Waals surface area contributed by atoms with Crippen LogP contribution in [0, 0.1) is 6.92 Å². The molecule has 3 rings (SSSR count). The van der Waals surface area contributed by atoms with Crippen molar-refractivity contribution in [1.82, 2.24) is 10.2 Å². The maximum Gasteiger partial charge on any atom is 0.238 e. The van der Waals surface area contributed by atoms with Crippen molar-refractivity contribution in [2.45, 2.75) is 44.6 Å². The second kappa shape index (κ2) is 8.52. The van der Waals surface area contributed by atoms with Crippen molar-refractivity contribution in [3.63, 3.8) is 0 Å². The average Bonchev–Trinajstić information content (AvgIpc) is 2.54. The van der Waals surface area contributed by atoms with Crippen LogP contribution < -0.4 is 10.6 Å². The quantitative estimate of drug-likeness (QED) is 0.852. The minimum absolute atomic E-state index is 0. The Morgan fingerprint density at radius 3 is 2.83 bits per heavy atom. The zero-order valence-electron chi connectivity index (χ0n) is 14.2. The number of halogens is 2. The minimum atomic E-state index is 0. The van der Waals surface area contributed by atoms with Gasteiger partial charge < -0.3 is 10.6 Å². The Kier molecular flexibility index (Phi) is 6.93. The van der Waals surface area contributed by atoms with E-state index in [-0.39, 0.29) is 23.9 Å². The first kappa shape index (κ1) is 19.5. The Labute approximate surface area is 155 Å². The van der Waals surface area contributed by atoms with Gasteiger partial charge in [-0.25, -0.2) is 0 Å². The lowest BCUT2D eigenvalue weighted by Crippen LogP contribution is -2.63. The summed E-state index contributed by atoms with van der Waals surface area (Å²) in [6, 6.07) is 5.61. The zero-order chi connectivity index (χ0) is 16.3. The van der Waals surface area contributed by atoms with Gasteiger partial charge in [0.25, 0.3) is 0 Å². The van der Waals surface area contributed by atoms with Gasteiger partial charge in [-0.3, -0.25) is 9.69 Å². The van der Waals surface area contributed by atoms with Crippen molar-refractivity contribution in [2.24, 2.45) is 0 Å². The van der Waals surface area contributed by atoms with Gasteiger partial charge >= 0.3 is 0 Å². The molecule has 2 fully saturated rings. The van der Waals surface area contributed by atoms with E-state index < -0.39 is 0 Å². The summed E-state index contributed by atoms with van der Waals surface area (Å²) in [5.74, 6) is 0.0576. The molecule has 1 saturated carbocycles. The number of nitrogens with zero attached hydrogens (tertiary/aromatic N) is 1. The number of carbonyl (C=O) groups is 1. The van der Waals surface area contributed by atoms with Crippen LogP contribution in [0.25, 0.3) is 0 Å². The lowest BCUT2D eigenvalue weighted by Gasteiger charge is -2.49. The van der Waals surface area contributed by atoms with Crippen molar-refractivity contribution in [3.05, 3.63) is 28.8 Å². The molecule has 4 nitrogen and oxygen atoms in total. The molecule has 2 N–H and O–H groups in total. The van der Waals surface area contributed by atoms with Crippen LogP contribution in [-0.4, -0.2) is 42.5 Å². The molecule has 1 aliphatic heterocycles. The van der Waals surface area contributed by atoms with Crippen LogP contribution in [0.1, 0.15) is 37.7 Å². The van der Waals surface area contributed by atoms with Crippen LogP contribution >= 0.6 is 24.0 Å². The highest BCUT2D eigenvalue weighted by molar-refractivity contribution is 6.31. The van der Waals surface area contributed by atoms with Gasteiger partial charge in [-0.05, 0) is 37.5 Å². The standard InChI is InChI=1S/C18H26ClN3O.ClH/c1-14-5-6-15(19)11-16(14)21-17(23)12-22-10-9-20-13-18(22)7-3-2-4-8-18;/h5-6,11,20H,2-4,7-10,12-13H2,1H3,(H,21,23);1H. The molecule has 1 spiro atoms. The van der Waals surface area contributed by atoms with Crippen molar-refractivity contribution in [2.75, 3.05) is 31.5 Å². The number of hydrogen-bond donors (Lipinski definition) is 2. The third-order valence-corrected chi connectivity index (χ3v) is 5.51. The van der Waals surface area contributed by atoms with Crippen LogP contribution in [0.2, 0.25) is 5.02 Å². The molecule has 2 aliphatic rings. The van der Waals surface area contributed by atoms with E-state index in [4.69, 9.17) is 11.6 Å². The molecule has 1 amide bonds. The van der Waals surface area contributed by atoms with Gasteiger partial charge in [0.1, 0.15) is 0 Å². The van der Waals surface area contributed by atoms with E-state index in [1.165, 1.54) is 32.1 Å². The van der Waals surface area contributed by atoms with E-state index in [1.54, 1.807) is 0 Å². The predicted octanol–water partition coefficient (Wildman–Crippen LogP) is 3.62. The Bertz CT molecular complexity index is 565. The topological polar surface area (TPSA) is 44.4 Å². The molecule has 0 radical (unpaired) electrons. The van der Waals surface area contributed by atoms with Gasteiger partial charge in [-0.1, -0.05) is 36.9 Å². The van der Waals surface area contributed by atoms with Gasteiger partial charge in [0.15, 0.2) is 0 Å². The summed E-state index contributed by atoms with van der Waals surface area (Å²) in [6.45, 7) is 5.37. The molecular formula is C18H27Cl2N3O. The number of piperazine rings is 1. The van der Waals surface area contributed by atoms with Gasteiger partial charge in [-0.15, -0.1) is 12.4 Å². The van der Waals surface area contributed by atoms with Crippen molar-refractivity contribution >= 4 is 35.6 Å². The molecule has 6 heteroatoms. The van der Waals surface area contributed by atoms with Crippen molar-refractivity contribution < 1.29 is 4.79 Å². The third-order valence-electron chi connectivity index (χ3n) is 5.28. The Morgan fingerprint density at radius 2 is 2.08 bits per heavy atom. The summed E-state index contributed by atoms with van der Waals surface area (Å²) in [4.78, 5) is 15.0. The number of carbonyl (C=O) groups excluding carboxylic acids is 1. The number of aryl methyl sites for hydroxylation is 1. The first-order valence-electron chi connectivity index (χ1n) is 8.61. The molecule has 1 aliphatic carbocycles. The summed E-state index contributed by atoms with van der Waals surface area (Å²) < 4.78 is 0. The van der Waals surface area contributed by atoms with E-state index in [2.05, 4.69) is 15.5 Å². The molecule has 1 aromatic carbocycles. The lowest BCUT2D eigenvalue weighted by atomic mass is 9.79. The van der Waals surface area contributed by atoms with Gasteiger partial charge in [0.2, 0.25) is 5.91 Å². The molecule has 24 heavy (non-hydrogen) atoms. The second-order valence-corrected chi connectivity index (χ2v) is 7.33. The van der Waals surface area contributed by atoms with Crippen LogP contribution in [-0.2, 0) is 4.79 Å². The van der Waals surface area contributed by atoms with E-state index in [1.807, 2.05) is 25.1 Å². The summed E-state index contributed by atoms with van der Waals surface area (Å²) in [6.07, 6.45) is 6.26. The maximum absolute atomic E-state index is 12.6. The van der Waals surface area contributed by atoms with E-state index in [0.29, 0.717) is 11.6 Å². The summed E-state index contributed by atoms with van der Waals surface area (Å²) >= 11 is 6.04. The van der Waals surface area contributed by atoms with Gasteiger partial charge in [-0.2, -0.15) is 0 Å². The molecule has 0 atom stereocenters. The largest absolute Gasteiger partial charge is 0.325 e. The van der Waals surface area contributed by atoms with E-state index >= 15 is 0 Å². The van der Waals surface area contributed by atoms with E-state index in [9.17, 15) is 4.79 Å². The Morgan fingerprint density at radius 1 is 1.33 bits per heavy atom. The number of nitrogens with one attached hydrogen (secondary N) is 2. The fourth-order valence-corrected chi connectivity index (χ4v) is 4.10. The third kappa shape index (κ3) is 4.42. The molecule has 0 aromatic heterocycles. The highest BCUT2D eigenvalue weighted by Gasteiger charge is 2.40. The molecule has 0 bridgehead atoms. The number of rotatable bonds is 3. The molecular weight excluding hydrogens is 345 g/mol. The predicted molar refractivity (Wildman–Crippen MR) is 102 cm³/mol. The van der Waals surface area contributed by atoms with Gasteiger partial charge in [0, 0.05) is 35.9 Å². The first-order chi connectivity index (χ1) is 11.1. The Hall–Kier alpha value is -0.810. The smallest absolute Gasteiger partial charge is 0.238 e. The number of hydrogen-bond acceptors (Lipinski definition) is 3. The van der Waals surface area contributed by atoms with Crippen LogP contribution in [0.15, 0.2) is 18.2 Å². The molecule has 1 saturated heterocycles. The van der Waals surface area contributed by atoms with Crippen LogP contribution in [0.5, 0.6) is 0 Å². The maximum atomic E-state index is 12.6. The highest BCUT2D eigenvalue weighted by Crippen LogP contribution is 2.34. The van der Waals surface area contributed by atoms with Crippen LogP contribution in [0.3, 0.4) is 0 Å². The number of anilines is 1. The molecule has 1 aromatic rings. The van der Waals surface area contributed by atoms with Crippen molar-refractivity contribution in [3.8, 4) is 0 Å². The van der Waals surface area contributed by atoms with Crippen molar-refractivity contribution in [1.29, 1.82) is 0 Å². The second-order valence-electron chi connectivity index (χ2n) is 6.89. The average molecular weight is 372 g/mol.